The van der Waals surface area contributed by atoms with Crippen molar-refractivity contribution in [2.24, 2.45) is 5.73 Å². The van der Waals surface area contributed by atoms with Gasteiger partial charge >= 0.3 is 6.09 Å². The molecule has 1 amide bonds. The number of amides is 1. The third-order valence-corrected chi connectivity index (χ3v) is 2.65. The molecule has 92 valence electrons. The number of nitrogens with one attached hydrogen (secondary N) is 1. The van der Waals surface area contributed by atoms with Crippen LogP contribution in [-0.2, 0) is 16.1 Å². The van der Waals surface area contributed by atoms with Crippen molar-refractivity contribution in [2.75, 3.05) is 13.2 Å². The predicted octanol–water partition coefficient (Wildman–Crippen LogP) is 0.639. The molecule has 1 aromatic rings. The average Bonchev–Trinajstić information content (AvgIpc) is 2.71. The van der Waals surface area contributed by atoms with Gasteiger partial charge in [-0.05, 0) is 5.56 Å². The fourth-order valence-electron chi connectivity index (χ4n) is 1.74. The zero-order valence-electron chi connectivity index (χ0n) is 9.46. The van der Waals surface area contributed by atoms with Crippen LogP contribution in [0.1, 0.15) is 5.56 Å². The van der Waals surface area contributed by atoms with Crippen molar-refractivity contribution < 1.29 is 14.3 Å². The Bertz CT molecular complexity index is 369. The van der Waals surface area contributed by atoms with Gasteiger partial charge in [0.2, 0.25) is 0 Å². The normalized spacial score (nSPS) is 23.2. The number of carbonyl (C=O) groups is 1. The molecule has 1 saturated heterocycles. The van der Waals surface area contributed by atoms with Crippen molar-refractivity contribution in [1.82, 2.24) is 5.32 Å². The van der Waals surface area contributed by atoms with E-state index in [1.165, 1.54) is 0 Å². The first-order chi connectivity index (χ1) is 8.29. The van der Waals surface area contributed by atoms with E-state index in [2.05, 4.69) is 5.32 Å². The van der Waals surface area contributed by atoms with Crippen LogP contribution in [-0.4, -0.2) is 31.4 Å². The van der Waals surface area contributed by atoms with E-state index in [-0.39, 0.29) is 12.1 Å². The van der Waals surface area contributed by atoms with Crippen LogP contribution in [0.3, 0.4) is 0 Å². The van der Waals surface area contributed by atoms with E-state index in [4.69, 9.17) is 15.2 Å². The minimum atomic E-state index is -0.422. The van der Waals surface area contributed by atoms with E-state index >= 15 is 0 Å². The quantitative estimate of drug-likeness (QED) is 0.786. The van der Waals surface area contributed by atoms with Gasteiger partial charge in [0, 0.05) is 6.54 Å². The maximum absolute atomic E-state index is 11.0. The van der Waals surface area contributed by atoms with E-state index in [0.29, 0.717) is 19.8 Å². The number of alkyl carbamates (subject to hydrolysis) is 1. The van der Waals surface area contributed by atoms with Gasteiger partial charge in [0.05, 0.1) is 19.3 Å². The molecule has 3 N–H and O–H groups in total. The summed E-state index contributed by atoms with van der Waals surface area (Å²) >= 11 is 0. The van der Waals surface area contributed by atoms with Crippen molar-refractivity contribution >= 4 is 6.09 Å². The van der Waals surface area contributed by atoms with Crippen LogP contribution < -0.4 is 11.1 Å². The second kappa shape index (κ2) is 5.65. The molecule has 2 rings (SSSR count). The first kappa shape index (κ1) is 11.9. The lowest BCUT2D eigenvalue weighted by atomic mass is 10.2. The van der Waals surface area contributed by atoms with Crippen LogP contribution in [0, 0.1) is 0 Å². The first-order valence-electron chi connectivity index (χ1n) is 5.58. The van der Waals surface area contributed by atoms with E-state index in [1.807, 2.05) is 30.3 Å². The molecule has 0 radical (unpaired) electrons. The summed E-state index contributed by atoms with van der Waals surface area (Å²) in [7, 11) is 0. The molecule has 1 fully saturated rings. The van der Waals surface area contributed by atoms with Gasteiger partial charge < -0.3 is 20.5 Å². The van der Waals surface area contributed by atoms with Gasteiger partial charge in [0.15, 0.2) is 0 Å². The first-order valence-corrected chi connectivity index (χ1v) is 5.58. The maximum Gasteiger partial charge on any atom is 0.407 e. The summed E-state index contributed by atoms with van der Waals surface area (Å²) in [5, 5.41) is 2.67. The molecule has 2 unspecified atom stereocenters. The lowest BCUT2D eigenvalue weighted by molar-refractivity contribution is 0.0745. The number of cyclic esters (lactones) is 1. The molecule has 1 aliphatic rings. The second-order valence-corrected chi connectivity index (χ2v) is 3.93. The lowest BCUT2D eigenvalue weighted by Crippen LogP contribution is -2.39. The topological polar surface area (TPSA) is 73.6 Å². The number of nitrogens with two attached hydrogens (primary N) is 1. The minimum absolute atomic E-state index is 0.156. The largest absolute Gasteiger partial charge is 0.443 e. The summed E-state index contributed by atoms with van der Waals surface area (Å²) in [6.07, 6.45) is -0.716. The fourth-order valence-corrected chi connectivity index (χ4v) is 1.74. The Morgan fingerprint density at radius 3 is 2.82 bits per heavy atom. The van der Waals surface area contributed by atoms with E-state index < -0.39 is 6.09 Å². The van der Waals surface area contributed by atoms with Crippen molar-refractivity contribution in [2.45, 2.75) is 18.8 Å². The van der Waals surface area contributed by atoms with Gasteiger partial charge in [-0.3, -0.25) is 0 Å². The van der Waals surface area contributed by atoms with Gasteiger partial charge in [0.25, 0.3) is 0 Å². The van der Waals surface area contributed by atoms with Gasteiger partial charge in [0.1, 0.15) is 6.10 Å². The molecule has 0 aliphatic carbocycles. The highest BCUT2D eigenvalue weighted by Crippen LogP contribution is 2.09. The molecule has 5 nitrogen and oxygen atoms in total. The van der Waals surface area contributed by atoms with Gasteiger partial charge in [-0.25, -0.2) is 4.79 Å². The fraction of sp³-hybridized carbons (Fsp3) is 0.417. The molecular formula is C12H16N2O3. The van der Waals surface area contributed by atoms with Crippen LogP contribution in [0.2, 0.25) is 0 Å². The predicted molar refractivity (Wildman–Crippen MR) is 62.3 cm³/mol. The summed E-state index contributed by atoms with van der Waals surface area (Å²) in [5.41, 5.74) is 6.60. The maximum atomic E-state index is 11.0. The number of rotatable bonds is 5. The van der Waals surface area contributed by atoms with Gasteiger partial charge in [-0.15, -0.1) is 0 Å². The molecule has 0 aromatic heterocycles. The zero-order valence-corrected chi connectivity index (χ0v) is 9.46. The summed E-state index contributed by atoms with van der Waals surface area (Å²) in [6, 6.07) is 9.70. The van der Waals surface area contributed by atoms with Crippen molar-refractivity contribution in [1.29, 1.82) is 0 Å². The monoisotopic (exact) mass is 236 g/mol. The molecule has 1 aliphatic heterocycles. The Balaban J connectivity index is 1.77. The van der Waals surface area contributed by atoms with E-state index in [1.54, 1.807) is 0 Å². The van der Waals surface area contributed by atoms with Gasteiger partial charge in [-0.2, -0.15) is 0 Å². The Kier molecular flexibility index (Phi) is 3.95. The second-order valence-electron chi connectivity index (χ2n) is 3.93. The van der Waals surface area contributed by atoms with Gasteiger partial charge in [-0.1, -0.05) is 30.3 Å². The van der Waals surface area contributed by atoms with Crippen LogP contribution >= 0.6 is 0 Å². The third kappa shape index (κ3) is 3.18. The van der Waals surface area contributed by atoms with Crippen molar-refractivity contribution in [3.63, 3.8) is 0 Å². The Morgan fingerprint density at radius 1 is 1.35 bits per heavy atom. The summed E-state index contributed by atoms with van der Waals surface area (Å²) in [4.78, 5) is 11.0. The summed E-state index contributed by atoms with van der Waals surface area (Å²) in [5.74, 6) is 0. The Morgan fingerprint density at radius 2 is 2.12 bits per heavy atom. The molecule has 0 spiro atoms. The number of carbonyl (C=O) groups excluding carboxylic acids is 1. The Hall–Kier alpha value is -1.59. The molecule has 5 heteroatoms. The smallest absolute Gasteiger partial charge is 0.407 e. The third-order valence-electron chi connectivity index (χ3n) is 2.65. The highest BCUT2D eigenvalue weighted by molar-refractivity contribution is 5.70. The summed E-state index contributed by atoms with van der Waals surface area (Å²) in [6.45, 7) is 1.23. The van der Waals surface area contributed by atoms with E-state index in [9.17, 15) is 4.79 Å². The average molecular weight is 236 g/mol. The Labute approximate surface area is 99.9 Å². The summed E-state index contributed by atoms with van der Waals surface area (Å²) < 4.78 is 10.5. The molecular weight excluding hydrogens is 220 g/mol. The van der Waals surface area contributed by atoms with Crippen LogP contribution in [0.4, 0.5) is 4.79 Å². The highest BCUT2D eigenvalue weighted by atomic mass is 16.6. The molecule has 0 bridgehead atoms. The van der Waals surface area contributed by atoms with E-state index in [0.717, 1.165) is 5.56 Å². The molecule has 0 saturated carbocycles. The van der Waals surface area contributed by atoms with Crippen molar-refractivity contribution in [3.05, 3.63) is 35.9 Å². The zero-order chi connectivity index (χ0) is 12.1. The highest BCUT2D eigenvalue weighted by Gasteiger charge is 2.32. The van der Waals surface area contributed by atoms with Crippen LogP contribution in [0.5, 0.6) is 0 Å². The number of hydrogen-bond acceptors (Lipinski definition) is 4. The lowest BCUT2D eigenvalue weighted by Gasteiger charge is -2.15. The molecule has 2 atom stereocenters. The van der Waals surface area contributed by atoms with Crippen LogP contribution in [0.25, 0.3) is 0 Å². The molecule has 1 heterocycles. The molecule has 1 aromatic carbocycles. The number of benzene rings is 1. The SMILES string of the molecule is NCC1OC(=O)NC1COCc1ccccc1. The number of hydrogen-bond donors (Lipinski definition) is 2. The minimum Gasteiger partial charge on any atom is -0.443 e. The molecule has 17 heavy (non-hydrogen) atoms. The van der Waals surface area contributed by atoms with Crippen LogP contribution in [0.15, 0.2) is 30.3 Å². The standard InChI is InChI=1S/C12H16N2O3/c13-6-11-10(14-12(15)17-11)8-16-7-9-4-2-1-3-5-9/h1-5,10-11H,6-8,13H2,(H,14,15). The van der Waals surface area contributed by atoms with Crippen molar-refractivity contribution in [3.8, 4) is 0 Å². The number of ether oxygens (including phenoxy) is 2.